The Bertz CT molecular complexity index is 217. The average Bonchev–Trinajstić information content (AvgIpc) is 2.30. The summed E-state index contributed by atoms with van der Waals surface area (Å²) in [7, 11) is 1.41. The molecule has 0 unspecified atom stereocenters. The monoisotopic (exact) mass is 229 g/mol. The second-order valence-corrected chi connectivity index (χ2v) is 3.58. The van der Waals surface area contributed by atoms with Crippen LogP contribution in [-0.2, 0) is 9.53 Å². The van der Waals surface area contributed by atoms with E-state index in [9.17, 15) is 4.79 Å². The van der Waals surface area contributed by atoms with Gasteiger partial charge >= 0.3 is 5.97 Å². The van der Waals surface area contributed by atoms with Crippen LogP contribution < -0.4 is 11.1 Å². The van der Waals surface area contributed by atoms with Crippen LogP contribution in [0.1, 0.15) is 39.0 Å². The minimum absolute atomic E-state index is 0.142. The Balaban J connectivity index is 3.30. The number of guanidine groups is 1. The number of hydrogen-bond acceptors (Lipinski definition) is 3. The van der Waals surface area contributed by atoms with Crippen molar-refractivity contribution >= 4 is 11.9 Å². The summed E-state index contributed by atoms with van der Waals surface area (Å²) in [5, 5.41) is 3.03. The van der Waals surface area contributed by atoms with Gasteiger partial charge in [0.1, 0.15) is 0 Å². The van der Waals surface area contributed by atoms with Crippen LogP contribution in [0.3, 0.4) is 0 Å². The molecule has 0 aliphatic carbocycles. The number of unbranched alkanes of at least 4 members (excludes halogenated alkanes) is 2. The second-order valence-electron chi connectivity index (χ2n) is 3.58. The number of nitrogens with zero attached hydrogens (tertiary/aromatic N) is 1. The van der Waals surface area contributed by atoms with Gasteiger partial charge in [-0.25, -0.2) is 0 Å². The van der Waals surface area contributed by atoms with Gasteiger partial charge in [-0.3, -0.25) is 9.79 Å². The Morgan fingerprint density at radius 2 is 2.12 bits per heavy atom. The topological polar surface area (TPSA) is 76.7 Å². The van der Waals surface area contributed by atoms with E-state index in [0.29, 0.717) is 12.4 Å². The Hall–Kier alpha value is -1.26. The van der Waals surface area contributed by atoms with Crippen molar-refractivity contribution < 1.29 is 9.53 Å². The number of aliphatic imine (C=N–C) groups is 1. The molecule has 0 heterocycles. The third-order valence-corrected chi connectivity index (χ3v) is 2.10. The number of nitrogens with two attached hydrogens (primary N) is 1. The molecule has 0 saturated carbocycles. The molecule has 94 valence electrons. The van der Waals surface area contributed by atoms with Crippen LogP contribution in [0.2, 0.25) is 0 Å². The molecule has 0 radical (unpaired) electrons. The van der Waals surface area contributed by atoms with Gasteiger partial charge in [0, 0.05) is 19.5 Å². The Morgan fingerprint density at radius 1 is 1.38 bits per heavy atom. The zero-order chi connectivity index (χ0) is 12.2. The molecule has 0 aliphatic heterocycles. The molecule has 16 heavy (non-hydrogen) atoms. The SMILES string of the molecule is CCCN=C(N)NCCCCCC(=O)OC. The van der Waals surface area contributed by atoms with Gasteiger partial charge in [-0.1, -0.05) is 13.3 Å². The number of hydrogen-bond donors (Lipinski definition) is 2. The predicted octanol–water partition coefficient (Wildman–Crippen LogP) is 1.03. The maximum atomic E-state index is 10.8. The zero-order valence-corrected chi connectivity index (χ0v) is 10.3. The molecule has 3 N–H and O–H groups in total. The van der Waals surface area contributed by atoms with E-state index in [1.807, 2.05) is 0 Å². The normalized spacial score (nSPS) is 11.2. The first-order chi connectivity index (χ1) is 7.70. The van der Waals surface area contributed by atoms with Crippen molar-refractivity contribution in [3.63, 3.8) is 0 Å². The molecular weight excluding hydrogens is 206 g/mol. The summed E-state index contributed by atoms with van der Waals surface area (Å²) >= 11 is 0. The molecule has 0 rings (SSSR count). The van der Waals surface area contributed by atoms with Crippen molar-refractivity contribution in [1.29, 1.82) is 0 Å². The van der Waals surface area contributed by atoms with Crippen LogP contribution >= 0.6 is 0 Å². The van der Waals surface area contributed by atoms with Crippen molar-refractivity contribution in [1.82, 2.24) is 5.32 Å². The number of nitrogens with one attached hydrogen (secondary N) is 1. The quantitative estimate of drug-likeness (QED) is 0.282. The fraction of sp³-hybridized carbons (Fsp3) is 0.818. The molecule has 0 aromatic rings. The molecule has 0 saturated heterocycles. The molecule has 0 amide bonds. The molecule has 0 aromatic carbocycles. The van der Waals surface area contributed by atoms with E-state index in [-0.39, 0.29) is 5.97 Å². The molecular formula is C11H23N3O2. The van der Waals surface area contributed by atoms with E-state index < -0.39 is 0 Å². The van der Waals surface area contributed by atoms with Gasteiger partial charge in [-0.05, 0) is 19.3 Å². The lowest BCUT2D eigenvalue weighted by molar-refractivity contribution is -0.140. The molecule has 0 spiro atoms. The third-order valence-electron chi connectivity index (χ3n) is 2.10. The van der Waals surface area contributed by atoms with Crippen LogP contribution in [0.25, 0.3) is 0 Å². The summed E-state index contributed by atoms with van der Waals surface area (Å²) in [6, 6.07) is 0. The van der Waals surface area contributed by atoms with Crippen molar-refractivity contribution in [2.24, 2.45) is 10.7 Å². The maximum Gasteiger partial charge on any atom is 0.305 e. The molecule has 0 bridgehead atoms. The minimum atomic E-state index is -0.142. The standard InChI is InChI=1S/C11H23N3O2/c1-3-8-13-11(12)14-9-6-4-5-7-10(15)16-2/h3-9H2,1-2H3,(H3,12,13,14). The van der Waals surface area contributed by atoms with E-state index in [1.54, 1.807) is 0 Å². The smallest absolute Gasteiger partial charge is 0.305 e. The van der Waals surface area contributed by atoms with E-state index in [4.69, 9.17) is 5.73 Å². The summed E-state index contributed by atoms with van der Waals surface area (Å²) < 4.78 is 4.55. The van der Waals surface area contributed by atoms with Crippen molar-refractivity contribution in [2.75, 3.05) is 20.2 Å². The number of rotatable bonds is 8. The number of ether oxygens (including phenoxy) is 1. The zero-order valence-electron chi connectivity index (χ0n) is 10.3. The highest BCUT2D eigenvalue weighted by molar-refractivity contribution is 5.77. The van der Waals surface area contributed by atoms with Crippen molar-refractivity contribution in [3.05, 3.63) is 0 Å². The highest BCUT2D eigenvalue weighted by atomic mass is 16.5. The highest BCUT2D eigenvalue weighted by Crippen LogP contribution is 1.99. The first-order valence-corrected chi connectivity index (χ1v) is 5.81. The van der Waals surface area contributed by atoms with Gasteiger partial charge in [0.15, 0.2) is 5.96 Å². The lowest BCUT2D eigenvalue weighted by atomic mass is 10.2. The van der Waals surface area contributed by atoms with Crippen LogP contribution in [0, 0.1) is 0 Å². The van der Waals surface area contributed by atoms with E-state index in [1.165, 1.54) is 7.11 Å². The number of carbonyl (C=O) groups is 1. The fourth-order valence-corrected chi connectivity index (χ4v) is 1.18. The van der Waals surface area contributed by atoms with Crippen LogP contribution in [-0.4, -0.2) is 32.1 Å². The number of esters is 1. The second kappa shape index (κ2) is 10.3. The van der Waals surface area contributed by atoms with Gasteiger partial charge in [0.05, 0.1) is 7.11 Å². The molecule has 0 aliphatic rings. The lowest BCUT2D eigenvalue weighted by Crippen LogP contribution is -2.32. The van der Waals surface area contributed by atoms with Crippen LogP contribution in [0.4, 0.5) is 0 Å². The van der Waals surface area contributed by atoms with Gasteiger partial charge < -0.3 is 15.8 Å². The Kier molecular flexibility index (Phi) is 9.46. The average molecular weight is 229 g/mol. The third kappa shape index (κ3) is 9.30. The summed E-state index contributed by atoms with van der Waals surface area (Å²) in [5.41, 5.74) is 5.61. The molecule has 5 heteroatoms. The van der Waals surface area contributed by atoms with Crippen LogP contribution in [0.15, 0.2) is 4.99 Å². The molecule has 5 nitrogen and oxygen atoms in total. The maximum absolute atomic E-state index is 10.8. The summed E-state index contributed by atoms with van der Waals surface area (Å²) in [5.74, 6) is 0.367. The highest BCUT2D eigenvalue weighted by Gasteiger charge is 1.98. The molecule has 0 atom stereocenters. The van der Waals surface area contributed by atoms with Gasteiger partial charge in [0.25, 0.3) is 0 Å². The lowest BCUT2D eigenvalue weighted by Gasteiger charge is -2.04. The van der Waals surface area contributed by atoms with E-state index in [2.05, 4.69) is 22.0 Å². The largest absolute Gasteiger partial charge is 0.469 e. The van der Waals surface area contributed by atoms with Crippen molar-refractivity contribution in [3.8, 4) is 0 Å². The summed E-state index contributed by atoms with van der Waals surface area (Å²) in [6.45, 7) is 3.63. The summed E-state index contributed by atoms with van der Waals surface area (Å²) in [6.07, 6.45) is 4.33. The first kappa shape index (κ1) is 14.7. The van der Waals surface area contributed by atoms with Gasteiger partial charge in [0.2, 0.25) is 0 Å². The van der Waals surface area contributed by atoms with E-state index in [0.717, 1.165) is 38.8 Å². The Labute approximate surface area is 97.4 Å². The number of methoxy groups -OCH3 is 1. The predicted molar refractivity (Wildman–Crippen MR) is 65.3 cm³/mol. The molecule has 0 fully saturated rings. The van der Waals surface area contributed by atoms with Gasteiger partial charge in [-0.15, -0.1) is 0 Å². The first-order valence-electron chi connectivity index (χ1n) is 5.81. The fourth-order valence-electron chi connectivity index (χ4n) is 1.18. The van der Waals surface area contributed by atoms with Crippen molar-refractivity contribution in [2.45, 2.75) is 39.0 Å². The molecule has 0 aromatic heterocycles. The number of carbonyl (C=O) groups excluding carboxylic acids is 1. The summed E-state index contributed by atoms with van der Waals surface area (Å²) in [4.78, 5) is 14.9. The van der Waals surface area contributed by atoms with Crippen LogP contribution in [0.5, 0.6) is 0 Å². The Morgan fingerprint density at radius 3 is 2.75 bits per heavy atom. The van der Waals surface area contributed by atoms with E-state index >= 15 is 0 Å². The van der Waals surface area contributed by atoms with Gasteiger partial charge in [-0.2, -0.15) is 0 Å². The minimum Gasteiger partial charge on any atom is -0.469 e.